The summed E-state index contributed by atoms with van der Waals surface area (Å²) in [4.78, 5) is 15.7. The highest BCUT2D eigenvalue weighted by Gasteiger charge is 2.22. The van der Waals surface area contributed by atoms with Crippen LogP contribution < -0.4 is 11.1 Å². The van der Waals surface area contributed by atoms with Crippen LogP contribution in [0.2, 0.25) is 0 Å². The normalized spacial score (nSPS) is 20.1. The van der Waals surface area contributed by atoms with Gasteiger partial charge in [-0.15, -0.1) is 0 Å². The molecule has 0 spiro atoms. The van der Waals surface area contributed by atoms with Crippen molar-refractivity contribution in [2.24, 2.45) is 5.73 Å². The van der Waals surface area contributed by atoms with Crippen molar-refractivity contribution in [3.63, 3.8) is 0 Å². The molecule has 88 valence electrons. The van der Waals surface area contributed by atoms with Gasteiger partial charge in [0.05, 0.1) is 0 Å². The highest BCUT2D eigenvalue weighted by molar-refractivity contribution is 5.74. The summed E-state index contributed by atoms with van der Waals surface area (Å²) >= 11 is 0. The summed E-state index contributed by atoms with van der Waals surface area (Å²) in [6.07, 6.45) is 0. The minimum atomic E-state index is 0.0533. The van der Waals surface area contributed by atoms with Crippen LogP contribution in [-0.2, 0) is 0 Å². The summed E-state index contributed by atoms with van der Waals surface area (Å²) in [5.41, 5.74) is 5.61. The molecule has 0 aromatic carbocycles. The van der Waals surface area contributed by atoms with Crippen LogP contribution in [0.5, 0.6) is 0 Å². The zero-order chi connectivity index (χ0) is 11.3. The zero-order valence-corrected chi connectivity index (χ0v) is 9.70. The second-order valence-corrected chi connectivity index (χ2v) is 3.94. The van der Waals surface area contributed by atoms with Crippen LogP contribution in [0.4, 0.5) is 4.79 Å². The van der Waals surface area contributed by atoms with E-state index in [4.69, 9.17) is 5.73 Å². The number of piperazine rings is 1. The van der Waals surface area contributed by atoms with Gasteiger partial charge in [0.25, 0.3) is 0 Å². The monoisotopic (exact) mass is 214 g/mol. The lowest BCUT2D eigenvalue weighted by Crippen LogP contribution is -2.54. The lowest BCUT2D eigenvalue weighted by atomic mass is 10.2. The first kappa shape index (κ1) is 12.3. The van der Waals surface area contributed by atoms with Crippen molar-refractivity contribution in [1.29, 1.82) is 0 Å². The van der Waals surface area contributed by atoms with E-state index in [1.54, 1.807) is 0 Å². The van der Waals surface area contributed by atoms with Gasteiger partial charge in [0.1, 0.15) is 0 Å². The standard InChI is InChI=1S/C10H22N4O/c1-3-12-10(15)14-6-4-13(5-7-14)9(2)8-11/h9H,3-8,11H2,1-2H3,(H,12,15). The molecule has 1 aliphatic rings. The van der Waals surface area contributed by atoms with Crippen LogP contribution in [0.1, 0.15) is 13.8 Å². The van der Waals surface area contributed by atoms with E-state index in [0.29, 0.717) is 19.1 Å². The molecule has 5 nitrogen and oxygen atoms in total. The van der Waals surface area contributed by atoms with E-state index >= 15 is 0 Å². The molecule has 1 heterocycles. The minimum Gasteiger partial charge on any atom is -0.338 e. The van der Waals surface area contributed by atoms with E-state index in [1.807, 2.05) is 11.8 Å². The van der Waals surface area contributed by atoms with Gasteiger partial charge in [-0.25, -0.2) is 4.79 Å². The van der Waals surface area contributed by atoms with Gasteiger partial charge in [0, 0.05) is 45.3 Å². The van der Waals surface area contributed by atoms with Gasteiger partial charge in [-0.05, 0) is 13.8 Å². The van der Waals surface area contributed by atoms with E-state index in [9.17, 15) is 4.79 Å². The van der Waals surface area contributed by atoms with Gasteiger partial charge in [0.2, 0.25) is 0 Å². The third-order valence-corrected chi connectivity index (χ3v) is 2.89. The molecular formula is C10H22N4O. The molecule has 0 saturated carbocycles. The maximum absolute atomic E-state index is 11.5. The third kappa shape index (κ3) is 3.35. The molecule has 0 aromatic rings. The first-order valence-corrected chi connectivity index (χ1v) is 5.66. The first-order chi connectivity index (χ1) is 7.19. The lowest BCUT2D eigenvalue weighted by Gasteiger charge is -2.37. The average Bonchev–Trinajstić information content (AvgIpc) is 2.28. The zero-order valence-electron chi connectivity index (χ0n) is 9.70. The Morgan fingerprint density at radius 1 is 1.40 bits per heavy atom. The maximum atomic E-state index is 11.5. The van der Waals surface area contributed by atoms with Crippen LogP contribution in [0, 0.1) is 0 Å². The third-order valence-electron chi connectivity index (χ3n) is 2.89. The summed E-state index contributed by atoms with van der Waals surface area (Å²) < 4.78 is 0. The largest absolute Gasteiger partial charge is 0.338 e. The predicted molar refractivity (Wildman–Crippen MR) is 60.7 cm³/mol. The summed E-state index contributed by atoms with van der Waals surface area (Å²) in [7, 11) is 0. The van der Waals surface area contributed by atoms with E-state index in [0.717, 1.165) is 26.2 Å². The van der Waals surface area contributed by atoms with Crippen LogP contribution >= 0.6 is 0 Å². The van der Waals surface area contributed by atoms with Gasteiger partial charge in [-0.2, -0.15) is 0 Å². The molecule has 2 amide bonds. The number of nitrogens with zero attached hydrogens (tertiary/aromatic N) is 2. The number of hydrogen-bond donors (Lipinski definition) is 2. The first-order valence-electron chi connectivity index (χ1n) is 5.66. The Morgan fingerprint density at radius 2 is 2.00 bits per heavy atom. The van der Waals surface area contributed by atoms with Gasteiger partial charge in [0.15, 0.2) is 0 Å². The number of amides is 2. The number of rotatable bonds is 3. The predicted octanol–water partition coefficient (Wildman–Crippen LogP) is -0.319. The molecule has 3 N–H and O–H groups in total. The molecule has 1 atom stereocenters. The Balaban J connectivity index is 2.32. The van der Waals surface area contributed by atoms with Crippen molar-refractivity contribution >= 4 is 6.03 Å². The van der Waals surface area contributed by atoms with Crippen molar-refractivity contribution in [2.75, 3.05) is 39.3 Å². The van der Waals surface area contributed by atoms with Crippen LogP contribution in [0.3, 0.4) is 0 Å². The fourth-order valence-electron chi connectivity index (χ4n) is 1.78. The average molecular weight is 214 g/mol. The molecule has 0 radical (unpaired) electrons. The number of hydrogen-bond acceptors (Lipinski definition) is 3. The van der Waals surface area contributed by atoms with E-state index in [2.05, 4.69) is 17.1 Å². The SMILES string of the molecule is CCNC(=O)N1CCN(C(C)CN)CC1. The molecule has 1 aliphatic heterocycles. The van der Waals surface area contributed by atoms with E-state index in [-0.39, 0.29) is 6.03 Å². The molecule has 5 heteroatoms. The fraction of sp³-hybridized carbons (Fsp3) is 0.900. The molecule has 0 bridgehead atoms. The molecule has 1 rings (SSSR count). The van der Waals surface area contributed by atoms with Crippen molar-refractivity contribution in [2.45, 2.75) is 19.9 Å². The van der Waals surface area contributed by atoms with Crippen molar-refractivity contribution in [3.05, 3.63) is 0 Å². The highest BCUT2D eigenvalue weighted by atomic mass is 16.2. The van der Waals surface area contributed by atoms with Gasteiger partial charge < -0.3 is 16.0 Å². The molecule has 1 unspecified atom stereocenters. The van der Waals surface area contributed by atoms with Gasteiger partial charge in [-0.3, -0.25) is 4.90 Å². The molecule has 15 heavy (non-hydrogen) atoms. The number of nitrogens with two attached hydrogens (primary N) is 1. The minimum absolute atomic E-state index is 0.0533. The van der Waals surface area contributed by atoms with E-state index < -0.39 is 0 Å². The summed E-state index contributed by atoms with van der Waals surface area (Å²) in [6.45, 7) is 8.89. The van der Waals surface area contributed by atoms with Gasteiger partial charge in [-0.1, -0.05) is 0 Å². The summed E-state index contributed by atoms with van der Waals surface area (Å²) in [5, 5.41) is 2.82. The Morgan fingerprint density at radius 3 is 2.47 bits per heavy atom. The summed E-state index contributed by atoms with van der Waals surface area (Å²) in [6, 6.07) is 0.471. The molecule has 1 saturated heterocycles. The van der Waals surface area contributed by atoms with Gasteiger partial charge >= 0.3 is 6.03 Å². The number of carbonyl (C=O) groups excluding carboxylic acids is 1. The van der Waals surface area contributed by atoms with Crippen LogP contribution in [0.25, 0.3) is 0 Å². The van der Waals surface area contributed by atoms with E-state index in [1.165, 1.54) is 0 Å². The Labute approximate surface area is 91.6 Å². The van der Waals surface area contributed by atoms with Crippen molar-refractivity contribution in [3.8, 4) is 0 Å². The Hall–Kier alpha value is -0.810. The Kier molecular flexibility index (Phi) is 4.84. The second-order valence-electron chi connectivity index (χ2n) is 3.94. The molecular weight excluding hydrogens is 192 g/mol. The van der Waals surface area contributed by atoms with Crippen molar-refractivity contribution in [1.82, 2.24) is 15.1 Å². The smallest absolute Gasteiger partial charge is 0.317 e. The lowest BCUT2D eigenvalue weighted by molar-refractivity contribution is 0.116. The Bertz CT molecular complexity index is 202. The molecule has 0 aliphatic carbocycles. The second kappa shape index (κ2) is 5.92. The fourth-order valence-corrected chi connectivity index (χ4v) is 1.78. The number of urea groups is 1. The van der Waals surface area contributed by atoms with Crippen molar-refractivity contribution < 1.29 is 4.79 Å². The number of nitrogens with one attached hydrogen (secondary N) is 1. The topological polar surface area (TPSA) is 61.6 Å². The molecule has 0 aromatic heterocycles. The maximum Gasteiger partial charge on any atom is 0.317 e. The quantitative estimate of drug-likeness (QED) is 0.677. The summed E-state index contributed by atoms with van der Waals surface area (Å²) in [5.74, 6) is 0. The van der Waals surface area contributed by atoms with Crippen LogP contribution in [0.15, 0.2) is 0 Å². The van der Waals surface area contributed by atoms with Crippen LogP contribution in [-0.4, -0.2) is 61.1 Å². The highest BCUT2D eigenvalue weighted by Crippen LogP contribution is 2.05. The number of carbonyl (C=O) groups is 1. The molecule has 1 fully saturated rings.